The molecule has 0 saturated carbocycles. The molecule has 0 aliphatic carbocycles. The minimum absolute atomic E-state index is 0.0782. The molecule has 1 aliphatic rings. The molecule has 128 valence electrons. The molecular formula is C17H34N3O2+. The summed E-state index contributed by atoms with van der Waals surface area (Å²) in [5.41, 5.74) is 5.43. The van der Waals surface area contributed by atoms with E-state index in [4.69, 9.17) is 5.73 Å². The van der Waals surface area contributed by atoms with E-state index in [1.54, 1.807) is 0 Å². The van der Waals surface area contributed by atoms with Crippen LogP contribution >= 0.6 is 0 Å². The van der Waals surface area contributed by atoms with Crippen LogP contribution in [-0.2, 0) is 9.59 Å². The van der Waals surface area contributed by atoms with E-state index in [9.17, 15) is 9.59 Å². The van der Waals surface area contributed by atoms with Gasteiger partial charge in [0, 0.05) is 30.2 Å². The molecule has 0 aromatic rings. The first kappa shape index (κ1) is 18.9. The van der Waals surface area contributed by atoms with Gasteiger partial charge in [0.05, 0.1) is 27.2 Å². The summed E-state index contributed by atoms with van der Waals surface area (Å²) in [7, 11) is 4.46. The largest absolute Gasteiger partial charge is 0.369 e. The van der Waals surface area contributed by atoms with Crippen molar-refractivity contribution in [2.45, 2.75) is 40.0 Å². The number of nitrogens with two attached hydrogens (primary N) is 1. The van der Waals surface area contributed by atoms with Crippen molar-refractivity contribution in [3.63, 3.8) is 0 Å². The number of nitrogens with zero attached hydrogens (tertiary/aromatic N) is 1. The van der Waals surface area contributed by atoms with E-state index in [2.05, 4.69) is 26.3 Å². The van der Waals surface area contributed by atoms with Crippen LogP contribution in [0.2, 0.25) is 0 Å². The number of hydrogen-bond donors (Lipinski definition) is 2. The fraction of sp³-hybridized carbons (Fsp3) is 0.882. The zero-order chi connectivity index (χ0) is 16.9. The third-order valence-corrected chi connectivity index (χ3v) is 5.07. The molecule has 4 unspecified atom stereocenters. The Bertz CT molecular complexity index is 395. The van der Waals surface area contributed by atoms with E-state index in [-0.39, 0.29) is 23.7 Å². The SMILES string of the molecule is CCNC(=O)C(CC)CC1C[N+](C)(C)CC1CC(C)C(N)=O. The predicted molar refractivity (Wildman–Crippen MR) is 88.9 cm³/mol. The summed E-state index contributed by atoms with van der Waals surface area (Å²) in [4.78, 5) is 23.6. The predicted octanol–water partition coefficient (Wildman–Crippen LogP) is 1.37. The van der Waals surface area contributed by atoms with E-state index in [0.29, 0.717) is 18.4 Å². The summed E-state index contributed by atoms with van der Waals surface area (Å²) >= 11 is 0. The zero-order valence-corrected chi connectivity index (χ0v) is 14.9. The number of likely N-dealkylation sites (tertiary alicyclic amines) is 1. The molecular weight excluding hydrogens is 278 g/mol. The second-order valence-corrected chi connectivity index (χ2v) is 7.60. The Morgan fingerprint density at radius 3 is 2.18 bits per heavy atom. The fourth-order valence-electron chi connectivity index (χ4n) is 3.89. The van der Waals surface area contributed by atoms with Crippen LogP contribution in [-0.4, -0.2) is 50.0 Å². The topological polar surface area (TPSA) is 72.2 Å². The van der Waals surface area contributed by atoms with Crippen molar-refractivity contribution < 1.29 is 14.1 Å². The molecule has 0 spiro atoms. The maximum Gasteiger partial charge on any atom is 0.223 e. The van der Waals surface area contributed by atoms with Crippen LogP contribution in [0.5, 0.6) is 0 Å². The van der Waals surface area contributed by atoms with Gasteiger partial charge in [0.25, 0.3) is 0 Å². The number of hydrogen-bond acceptors (Lipinski definition) is 2. The van der Waals surface area contributed by atoms with Gasteiger partial charge in [-0.15, -0.1) is 0 Å². The summed E-state index contributed by atoms with van der Waals surface area (Å²) in [5.74, 6) is 0.908. The Balaban J connectivity index is 2.75. The van der Waals surface area contributed by atoms with Crippen LogP contribution in [0, 0.1) is 23.7 Å². The minimum Gasteiger partial charge on any atom is -0.369 e. The van der Waals surface area contributed by atoms with Crippen LogP contribution in [0.4, 0.5) is 0 Å². The zero-order valence-electron chi connectivity index (χ0n) is 14.9. The van der Waals surface area contributed by atoms with Crippen molar-refractivity contribution in [3.05, 3.63) is 0 Å². The first-order chi connectivity index (χ1) is 10.2. The molecule has 0 radical (unpaired) electrons. The molecule has 22 heavy (non-hydrogen) atoms. The first-order valence-electron chi connectivity index (χ1n) is 8.59. The summed E-state index contributed by atoms with van der Waals surface area (Å²) in [6.45, 7) is 8.77. The lowest BCUT2D eigenvalue weighted by Crippen LogP contribution is -2.37. The maximum atomic E-state index is 12.2. The Labute approximate surface area is 135 Å². The quantitative estimate of drug-likeness (QED) is 0.665. The van der Waals surface area contributed by atoms with Gasteiger partial charge in [0.1, 0.15) is 0 Å². The molecule has 3 N–H and O–H groups in total. The standard InChI is InChI=1S/C17H33N3O2/c1-6-13(17(22)19-7-2)9-15-11-20(4,5)10-14(15)8-12(3)16(18)21/h12-15H,6-11H2,1-5H3,(H2-,18,19,21,22)/p+1. The number of nitrogens with one attached hydrogen (secondary N) is 1. The van der Waals surface area contributed by atoms with E-state index >= 15 is 0 Å². The van der Waals surface area contributed by atoms with Crippen molar-refractivity contribution in [2.24, 2.45) is 29.4 Å². The fourth-order valence-corrected chi connectivity index (χ4v) is 3.89. The number of primary amides is 1. The van der Waals surface area contributed by atoms with Crippen molar-refractivity contribution in [1.29, 1.82) is 0 Å². The second kappa shape index (κ2) is 7.95. The molecule has 5 heteroatoms. The number of rotatable bonds is 8. The highest BCUT2D eigenvalue weighted by molar-refractivity contribution is 5.78. The molecule has 1 heterocycles. The van der Waals surface area contributed by atoms with Crippen molar-refractivity contribution in [2.75, 3.05) is 33.7 Å². The highest BCUT2D eigenvalue weighted by atomic mass is 16.2. The van der Waals surface area contributed by atoms with Crippen LogP contribution in [0.3, 0.4) is 0 Å². The third-order valence-electron chi connectivity index (χ3n) is 5.07. The van der Waals surface area contributed by atoms with Gasteiger partial charge in [-0.3, -0.25) is 9.59 Å². The van der Waals surface area contributed by atoms with Gasteiger partial charge >= 0.3 is 0 Å². The van der Waals surface area contributed by atoms with Crippen LogP contribution in [0.15, 0.2) is 0 Å². The van der Waals surface area contributed by atoms with E-state index in [0.717, 1.165) is 36.8 Å². The van der Waals surface area contributed by atoms with Gasteiger partial charge < -0.3 is 15.5 Å². The summed E-state index contributed by atoms with van der Waals surface area (Å²) in [6, 6.07) is 0. The molecule has 5 nitrogen and oxygen atoms in total. The maximum absolute atomic E-state index is 12.2. The molecule has 4 atom stereocenters. The molecule has 0 aromatic carbocycles. The summed E-state index contributed by atoms with van der Waals surface area (Å²) in [6.07, 6.45) is 2.63. The van der Waals surface area contributed by atoms with Crippen LogP contribution in [0.1, 0.15) is 40.0 Å². The molecule has 1 aliphatic heterocycles. The molecule has 1 saturated heterocycles. The highest BCUT2D eigenvalue weighted by Crippen LogP contribution is 2.36. The van der Waals surface area contributed by atoms with Gasteiger partial charge in [-0.25, -0.2) is 0 Å². The molecule has 1 fully saturated rings. The number of carbonyl (C=O) groups excluding carboxylic acids is 2. The van der Waals surface area contributed by atoms with Gasteiger partial charge in [0.15, 0.2) is 0 Å². The van der Waals surface area contributed by atoms with Crippen molar-refractivity contribution >= 4 is 11.8 Å². The van der Waals surface area contributed by atoms with E-state index < -0.39 is 0 Å². The normalized spacial score (nSPS) is 26.4. The number of quaternary nitrogens is 1. The second-order valence-electron chi connectivity index (χ2n) is 7.60. The number of amides is 2. The average Bonchev–Trinajstić information content (AvgIpc) is 2.70. The van der Waals surface area contributed by atoms with Crippen LogP contribution in [0.25, 0.3) is 0 Å². The Hall–Kier alpha value is -1.10. The Morgan fingerprint density at radius 1 is 1.18 bits per heavy atom. The lowest BCUT2D eigenvalue weighted by Gasteiger charge is -2.24. The number of carbonyl (C=O) groups is 2. The monoisotopic (exact) mass is 312 g/mol. The smallest absolute Gasteiger partial charge is 0.223 e. The van der Waals surface area contributed by atoms with E-state index in [1.165, 1.54) is 0 Å². The van der Waals surface area contributed by atoms with Crippen molar-refractivity contribution in [3.8, 4) is 0 Å². The minimum atomic E-state index is -0.216. The molecule has 2 amide bonds. The third kappa shape index (κ3) is 5.27. The van der Waals surface area contributed by atoms with Gasteiger partial charge in [0.2, 0.25) is 11.8 Å². The van der Waals surface area contributed by atoms with Gasteiger partial charge in [-0.05, 0) is 26.2 Å². The lowest BCUT2D eigenvalue weighted by molar-refractivity contribution is -0.880. The van der Waals surface area contributed by atoms with Gasteiger partial charge in [-0.2, -0.15) is 0 Å². The Morgan fingerprint density at radius 2 is 1.73 bits per heavy atom. The first-order valence-corrected chi connectivity index (χ1v) is 8.59. The highest BCUT2D eigenvalue weighted by Gasteiger charge is 2.42. The lowest BCUT2D eigenvalue weighted by atomic mass is 9.81. The average molecular weight is 312 g/mol. The summed E-state index contributed by atoms with van der Waals surface area (Å²) < 4.78 is 0.965. The Kier molecular flexibility index (Phi) is 6.85. The summed E-state index contributed by atoms with van der Waals surface area (Å²) in [5, 5.41) is 2.95. The molecule has 1 rings (SSSR count). The molecule has 0 bridgehead atoms. The molecule has 0 aromatic heterocycles. The van der Waals surface area contributed by atoms with E-state index in [1.807, 2.05) is 13.8 Å². The van der Waals surface area contributed by atoms with Crippen molar-refractivity contribution in [1.82, 2.24) is 5.32 Å². The van der Waals surface area contributed by atoms with Crippen LogP contribution < -0.4 is 11.1 Å². The van der Waals surface area contributed by atoms with Gasteiger partial charge in [-0.1, -0.05) is 13.8 Å².